The lowest BCUT2D eigenvalue weighted by Crippen LogP contribution is -2.22. The number of alkyl halides is 2. The predicted octanol–water partition coefficient (Wildman–Crippen LogP) is 4.86. The second-order valence-electron chi connectivity index (χ2n) is 6.76. The van der Waals surface area contributed by atoms with Gasteiger partial charge in [-0.2, -0.15) is 8.78 Å². The fourth-order valence-corrected chi connectivity index (χ4v) is 3.20. The molecule has 0 bridgehead atoms. The van der Waals surface area contributed by atoms with Crippen LogP contribution in [0, 0.1) is 0 Å². The summed E-state index contributed by atoms with van der Waals surface area (Å²) < 4.78 is 30.4. The van der Waals surface area contributed by atoms with Crippen LogP contribution in [0.5, 0.6) is 5.75 Å². The molecule has 4 rings (SSSR count). The Bertz CT molecular complexity index is 1360. The first kappa shape index (κ1) is 20.9. The summed E-state index contributed by atoms with van der Waals surface area (Å²) in [6, 6.07) is 18.8. The smallest absolute Gasteiger partial charge is 0.387 e. The summed E-state index contributed by atoms with van der Waals surface area (Å²) in [6.07, 6.45) is 3.31. The number of ether oxygens (including phenoxy) is 1. The zero-order valence-electron chi connectivity index (χ0n) is 16.5. The average molecular weight is 434 g/mol. The first-order valence-electron chi connectivity index (χ1n) is 9.51. The third kappa shape index (κ3) is 4.39. The number of benzene rings is 3. The van der Waals surface area contributed by atoms with Gasteiger partial charge in [0.25, 0.3) is 5.56 Å². The number of carbonyl (C=O) groups is 1. The molecule has 0 saturated heterocycles. The van der Waals surface area contributed by atoms with E-state index in [1.54, 1.807) is 48.6 Å². The molecule has 0 amide bonds. The SMILES string of the molecule is O=C(O)c1ccc(-n2c(/C=C/c3ccc(OC(F)F)cc3)nc3ccccc3c2=O)cc1. The Morgan fingerprint density at radius 3 is 2.31 bits per heavy atom. The first-order valence-corrected chi connectivity index (χ1v) is 9.51. The van der Waals surface area contributed by atoms with Crippen molar-refractivity contribution in [3.8, 4) is 11.4 Å². The Kier molecular flexibility index (Phi) is 5.76. The molecular weight excluding hydrogens is 418 g/mol. The Balaban J connectivity index is 1.79. The minimum absolute atomic E-state index is 0.0383. The van der Waals surface area contributed by atoms with Gasteiger partial charge < -0.3 is 9.84 Å². The summed E-state index contributed by atoms with van der Waals surface area (Å²) in [5.41, 5.74) is 1.44. The van der Waals surface area contributed by atoms with Crippen molar-refractivity contribution < 1.29 is 23.4 Å². The zero-order chi connectivity index (χ0) is 22.7. The molecule has 1 N–H and O–H groups in total. The standard InChI is InChI=1S/C24H16F2N2O4/c25-24(26)32-18-12-5-15(6-13-18)7-14-21-27-20-4-2-1-3-19(20)22(29)28(21)17-10-8-16(9-11-17)23(30)31/h1-14,24H,(H,30,31)/b14-7+. The number of aromatic nitrogens is 2. The monoisotopic (exact) mass is 434 g/mol. The van der Waals surface area contributed by atoms with E-state index in [2.05, 4.69) is 9.72 Å². The van der Waals surface area contributed by atoms with E-state index < -0.39 is 12.6 Å². The number of carboxylic acids is 1. The summed E-state index contributed by atoms with van der Waals surface area (Å²) in [5.74, 6) is -0.707. The van der Waals surface area contributed by atoms with Gasteiger partial charge in [0.05, 0.1) is 22.2 Å². The Labute approximate surface area is 180 Å². The van der Waals surface area contributed by atoms with Crippen molar-refractivity contribution in [1.82, 2.24) is 9.55 Å². The molecule has 32 heavy (non-hydrogen) atoms. The van der Waals surface area contributed by atoms with Gasteiger partial charge in [-0.15, -0.1) is 0 Å². The summed E-state index contributed by atoms with van der Waals surface area (Å²) in [5, 5.41) is 9.55. The molecular formula is C24H16F2N2O4. The lowest BCUT2D eigenvalue weighted by molar-refractivity contribution is -0.0498. The lowest BCUT2D eigenvalue weighted by atomic mass is 10.1. The number of para-hydroxylation sites is 1. The van der Waals surface area contributed by atoms with Crippen LogP contribution in [-0.4, -0.2) is 27.2 Å². The first-order chi connectivity index (χ1) is 15.4. The number of fused-ring (bicyclic) bond motifs is 1. The molecule has 0 aliphatic heterocycles. The van der Waals surface area contributed by atoms with E-state index >= 15 is 0 Å². The molecule has 0 spiro atoms. The minimum atomic E-state index is -2.90. The highest BCUT2D eigenvalue weighted by molar-refractivity contribution is 5.88. The molecule has 8 heteroatoms. The van der Waals surface area contributed by atoms with E-state index in [1.807, 2.05) is 0 Å². The van der Waals surface area contributed by atoms with Gasteiger partial charge in [-0.05, 0) is 60.2 Å². The van der Waals surface area contributed by atoms with Crippen LogP contribution in [0.1, 0.15) is 21.7 Å². The van der Waals surface area contributed by atoms with E-state index in [4.69, 9.17) is 5.11 Å². The van der Waals surface area contributed by atoms with Crippen LogP contribution in [0.4, 0.5) is 8.78 Å². The van der Waals surface area contributed by atoms with Crippen molar-refractivity contribution in [2.24, 2.45) is 0 Å². The number of nitrogens with zero attached hydrogens (tertiary/aromatic N) is 2. The van der Waals surface area contributed by atoms with Gasteiger partial charge in [-0.3, -0.25) is 9.36 Å². The van der Waals surface area contributed by atoms with Crippen LogP contribution >= 0.6 is 0 Å². The van der Waals surface area contributed by atoms with Crippen LogP contribution in [0.15, 0.2) is 77.6 Å². The largest absolute Gasteiger partial charge is 0.478 e. The third-order valence-corrected chi connectivity index (χ3v) is 4.70. The molecule has 0 unspecified atom stereocenters. The van der Waals surface area contributed by atoms with Crippen molar-refractivity contribution in [2.75, 3.05) is 0 Å². The Morgan fingerprint density at radius 2 is 1.66 bits per heavy atom. The highest BCUT2D eigenvalue weighted by atomic mass is 19.3. The number of halogens is 2. The van der Waals surface area contributed by atoms with Gasteiger partial charge in [0.15, 0.2) is 0 Å². The van der Waals surface area contributed by atoms with E-state index in [0.717, 1.165) is 0 Å². The van der Waals surface area contributed by atoms with Crippen LogP contribution in [0.25, 0.3) is 28.7 Å². The van der Waals surface area contributed by atoms with E-state index in [1.165, 1.54) is 41.0 Å². The van der Waals surface area contributed by atoms with Crippen LogP contribution in [0.3, 0.4) is 0 Å². The molecule has 1 heterocycles. The van der Waals surface area contributed by atoms with Crippen LogP contribution < -0.4 is 10.3 Å². The number of hydrogen-bond donors (Lipinski definition) is 1. The average Bonchev–Trinajstić information content (AvgIpc) is 2.78. The van der Waals surface area contributed by atoms with Crippen LogP contribution in [0.2, 0.25) is 0 Å². The molecule has 0 saturated carbocycles. The fourth-order valence-electron chi connectivity index (χ4n) is 3.20. The maximum Gasteiger partial charge on any atom is 0.387 e. The van der Waals surface area contributed by atoms with Gasteiger partial charge in [0.2, 0.25) is 0 Å². The number of carboxylic acid groups (broad SMARTS) is 1. The van der Waals surface area contributed by atoms with Crippen molar-refractivity contribution in [3.05, 3.63) is 100 Å². The predicted molar refractivity (Wildman–Crippen MR) is 116 cm³/mol. The van der Waals surface area contributed by atoms with E-state index in [9.17, 15) is 18.4 Å². The van der Waals surface area contributed by atoms with Crippen molar-refractivity contribution in [2.45, 2.75) is 6.61 Å². The molecule has 0 aliphatic rings. The second kappa shape index (κ2) is 8.81. The van der Waals surface area contributed by atoms with Crippen molar-refractivity contribution in [1.29, 1.82) is 0 Å². The molecule has 0 radical (unpaired) electrons. The molecule has 160 valence electrons. The van der Waals surface area contributed by atoms with Gasteiger partial charge in [0.1, 0.15) is 11.6 Å². The van der Waals surface area contributed by atoms with Gasteiger partial charge in [-0.1, -0.05) is 30.3 Å². The summed E-state index contributed by atoms with van der Waals surface area (Å²) in [6.45, 7) is -2.90. The van der Waals surface area contributed by atoms with Gasteiger partial charge >= 0.3 is 12.6 Å². The second-order valence-corrected chi connectivity index (χ2v) is 6.76. The Morgan fingerprint density at radius 1 is 0.969 bits per heavy atom. The summed E-state index contributed by atoms with van der Waals surface area (Å²) in [4.78, 5) is 28.9. The molecule has 3 aromatic carbocycles. The number of aromatic carboxylic acids is 1. The van der Waals surface area contributed by atoms with Crippen LogP contribution in [-0.2, 0) is 0 Å². The van der Waals surface area contributed by atoms with Gasteiger partial charge in [-0.25, -0.2) is 9.78 Å². The molecule has 0 fully saturated rings. The quantitative estimate of drug-likeness (QED) is 0.469. The maximum absolute atomic E-state index is 13.2. The highest BCUT2D eigenvalue weighted by Gasteiger charge is 2.12. The molecule has 0 atom stereocenters. The number of hydrogen-bond acceptors (Lipinski definition) is 4. The summed E-state index contributed by atoms with van der Waals surface area (Å²) >= 11 is 0. The maximum atomic E-state index is 13.2. The Hall–Kier alpha value is -4.33. The normalized spacial score (nSPS) is 11.3. The van der Waals surface area contributed by atoms with Crippen molar-refractivity contribution >= 4 is 29.0 Å². The highest BCUT2D eigenvalue weighted by Crippen LogP contribution is 2.18. The topological polar surface area (TPSA) is 81.4 Å². The van der Waals surface area contributed by atoms with Crippen molar-refractivity contribution in [3.63, 3.8) is 0 Å². The fraction of sp³-hybridized carbons (Fsp3) is 0.0417. The molecule has 6 nitrogen and oxygen atoms in total. The molecule has 4 aromatic rings. The summed E-state index contributed by atoms with van der Waals surface area (Å²) in [7, 11) is 0. The lowest BCUT2D eigenvalue weighted by Gasteiger charge is -2.12. The minimum Gasteiger partial charge on any atom is -0.478 e. The van der Waals surface area contributed by atoms with Gasteiger partial charge in [0, 0.05) is 0 Å². The molecule has 0 aliphatic carbocycles. The molecule has 1 aromatic heterocycles. The van der Waals surface area contributed by atoms with E-state index in [0.29, 0.717) is 28.0 Å². The van der Waals surface area contributed by atoms with E-state index in [-0.39, 0.29) is 16.9 Å². The number of rotatable bonds is 6. The third-order valence-electron chi connectivity index (χ3n) is 4.70. The zero-order valence-corrected chi connectivity index (χ0v) is 16.5.